The van der Waals surface area contributed by atoms with Crippen molar-refractivity contribution >= 4 is 22.2 Å². The molecule has 1 aromatic heterocycles. The molecule has 0 saturated carbocycles. The second-order valence-corrected chi connectivity index (χ2v) is 5.82. The number of nitrogens with one attached hydrogen (secondary N) is 1. The molecule has 124 valence electrons. The van der Waals surface area contributed by atoms with Crippen LogP contribution >= 0.6 is 11.3 Å². The first-order valence-corrected chi connectivity index (χ1v) is 7.88. The van der Waals surface area contributed by atoms with Gasteiger partial charge in [0.25, 0.3) is 0 Å². The van der Waals surface area contributed by atoms with Crippen LogP contribution in [0.1, 0.15) is 5.56 Å². The maximum atomic E-state index is 12.6. The quantitative estimate of drug-likeness (QED) is 0.667. The van der Waals surface area contributed by atoms with Crippen molar-refractivity contribution < 1.29 is 17.9 Å². The van der Waals surface area contributed by atoms with Crippen LogP contribution in [0.2, 0.25) is 0 Å². The standard InChI is InChI=1S/C17H13F3N2OS/c1-23-14-8-2-11(3-9-14)15-10-24-16(22-15)21-13-6-4-12(5-7-13)17(18,19)20/h2-10H,1H3,(H,21,22). The van der Waals surface area contributed by atoms with E-state index >= 15 is 0 Å². The molecule has 0 atom stereocenters. The zero-order chi connectivity index (χ0) is 17.2. The van der Waals surface area contributed by atoms with Crippen molar-refractivity contribution in [2.24, 2.45) is 0 Å². The summed E-state index contributed by atoms with van der Waals surface area (Å²) >= 11 is 1.38. The molecule has 3 rings (SSSR count). The van der Waals surface area contributed by atoms with Crippen LogP contribution in [0, 0.1) is 0 Å². The number of halogens is 3. The highest BCUT2D eigenvalue weighted by Crippen LogP contribution is 2.31. The molecule has 0 fully saturated rings. The average molecular weight is 350 g/mol. The van der Waals surface area contributed by atoms with Crippen molar-refractivity contribution in [2.45, 2.75) is 6.18 Å². The van der Waals surface area contributed by atoms with Crippen molar-refractivity contribution in [3.63, 3.8) is 0 Å². The van der Waals surface area contributed by atoms with E-state index in [1.807, 2.05) is 29.6 Å². The molecule has 2 aromatic carbocycles. The molecular formula is C17H13F3N2OS. The van der Waals surface area contributed by atoms with Gasteiger partial charge in [0, 0.05) is 16.6 Å². The first kappa shape index (κ1) is 16.3. The maximum Gasteiger partial charge on any atom is 0.416 e. The Balaban J connectivity index is 1.73. The van der Waals surface area contributed by atoms with Crippen LogP contribution < -0.4 is 10.1 Å². The molecule has 0 aliphatic heterocycles. The highest BCUT2D eigenvalue weighted by Gasteiger charge is 2.29. The summed E-state index contributed by atoms with van der Waals surface area (Å²) in [6, 6.07) is 12.3. The summed E-state index contributed by atoms with van der Waals surface area (Å²) in [4.78, 5) is 4.45. The zero-order valence-electron chi connectivity index (χ0n) is 12.6. The second kappa shape index (κ2) is 6.52. The molecule has 0 radical (unpaired) electrons. The monoisotopic (exact) mass is 350 g/mol. The summed E-state index contributed by atoms with van der Waals surface area (Å²) in [5.74, 6) is 0.761. The average Bonchev–Trinajstić information content (AvgIpc) is 3.03. The number of nitrogens with zero attached hydrogens (tertiary/aromatic N) is 1. The Hall–Kier alpha value is -2.54. The Morgan fingerprint density at radius 3 is 2.25 bits per heavy atom. The van der Waals surface area contributed by atoms with Crippen LogP contribution in [0.3, 0.4) is 0 Å². The summed E-state index contributed by atoms with van der Waals surface area (Å²) in [7, 11) is 1.60. The lowest BCUT2D eigenvalue weighted by molar-refractivity contribution is -0.137. The van der Waals surface area contributed by atoms with Crippen molar-refractivity contribution in [1.82, 2.24) is 4.98 Å². The van der Waals surface area contributed by atoms with Crippen LogP contribution in [-0.2, 0) is 6.18 Å². The molecule has 0 aliphatic carbocycles. The van der Waals surface area contributed by atoms with Gasteiger partial charge in [-0.1, -0.05) is 0 Å². The van der Waals surface area contributed by atoms with Crippen LogP contribution in [0.4, 0.5) is 24.0 Å². The van der Waals surface area contributed by atoms with Gasteiger partial charge in [-0.15, -0.1) is 11.3 Å². The first-order chi connectivity index (χ1) is 11.5. The van der Waals surface area contributed by atoms with E-state index in [1.54, 1.807) is 7.11 Å². The smallest absolute Gasteiger partial charge is 0.416 e. The largest absolute Gasteiger partial charge is 0.497 e. The molecular weight excluding hydrogens is 337 g/mol. The van der Waals surface area contributed by atoms with E-state index in [2.05, 4.69) is 10.3 Å². The van der Waals surface area contributed by atoms with Gasteiger partial charge in [0.05, 0.1) is 18.4 Å². The summed E-state index contributed by atoms with van der Waals surface area (Å²) in [5.41, 5.74) is 1.61. The van der Waals surface area contributed by atoms with E-state index in [4.69, 9.17) is 4.74 Å². The fraction of sp³-hybridized carbons (Fsp3) is 0.118. The lowest BCUT2D eigenvalue weighted by Crippen LogP contribution is -2.04. The van der Waals surface area contributed by atoms with Gasteiger partial charge in [-0.25, -0.2) is 4.98 Å². The third-order valence-electron chi connectivity index (χ3n) is 3.35. The SMILES string of the molecule is COc1ccc(-c2csc(Nc3ccc(C(F)(F)F)cc3)n2)cc1. The molecule has 0 amide bonds. The lowest BCUT2D eigenvalue weighted by Gasteiger charge is -2.07. The van der Waals surface area contributed by atoms with Crippen LogP contribution in [-0.4, -0.2) is 12.1 Å². The summed E-state index contributed by atoms with van der Waals surface area (Å²) in [6.07, 6.45) is -4.33. The van der Waals surface area contributed by atoms with Gasteiger partial charge in [0.1, 0.15) is 5.75 Å². The highest BCUT2D eigenvalue weighted by atomic mass is 32.1. The van der Waals surface area contributed by atoms with Gasteiger partial charge in [0.2, 0.25) is 0 Å². The fourth-order valence-electron chi connectivity index (χ4n) is 2.09. The Bertz CT molecular complexity index is 811. The number of anilines is 2. The topological polar surface area (TPSA) is 34.1 Å². The van der Waals surface area contributed by atoms with E-state index in [0.29, 0.717) is 10.8 Å². The van der Waals surface area contributed by atoms with E-state index in [-0.39, 0.29) is 0 Å². The number of rotatable bonds is 4. The molecule has 0 unspecified atom stereocenters. The summed E-state index contributed by atoms with van der Waals surface area (Å²) in [5, 5.41) is 5.51. The highest BCUT2D eigenvalue weighted by molar-refractivity contribution is 7.14. The van der Waals surface area contributed by atoms with Crippen molar-refractivity contribution in [3.8, 4) is 17.0 Å². The number of benzene rings is 2. The van der Waals surface area contributed by atoms with Gasteiger partial charge in [-0.3, -0.25) is 0 Å². The van der Waals surface area contributed by atoms with E-state index in [1.165, 1.54) is 23.5 Å². The molecule has 24 heavy (non-hydrogen) atoms. The molecule has 0 saturated heterocycles. The number of methoxy groups -OCH3 is 1. The molecule has 0 spiro atoms. The maximum absolute atomic E-state index is 12.6. The van der Waals surface area contributed by atoms with Gasteiger partial charge in [-0.2, -0.15) is 13.2 Å². The third-order valence-corrected chi connectivity index (χ3v) is 4.11. The van der Waals surface area contributed by atoms with Crippen molar-refractivity contribution in [1.29, 1.82) is 0 Å². The van der Waals surface area contributed by atoms with Gasteiger partial charge < -0.3 is 10.1 Å². The molecule has 3 nitrogen and oxygen atoms in total. The third kappa shape index (κ3) is 3.68. The Kier molecular flexibility index (Phi) is 4.44. The number of hydrogen-bond acceptors (Lipinski definition) is 4. The van der Waals surface area contributed by atoms with E-state index < -0.39 is 11.7 Å². The van der Waals surface area contributed by atoms with Crippen LogP contribution in [0.25, 0.3) is 11.3 Å². The molecule has 3 aromatic rings. The molecule has 0 bridgehead atoms. The predicted octanol–water partition coefficient (Wildman–Crippen LogP) is 5.58. The lowest BCUT2D eigenvalue weighted by atomic mass is 10.2. The first-order valence-electron chi connectivity index (χ1n) is 7.00. The molecule has 1 heterocycles. The van der Waals surface area contributed by atoms with Gasteiger partial charge in [-0.05, 0) is 48.5 Å². The Morgan fingerprint density at radius 2 is 1.67 bits per heavy atom. The molecule has 0 aliphatic rings. The number of alkyl halides is 3. The van der Waals surface area contributed by atoms with Crippen LogP contribution in [0.5, 0.6) is 5.75 Å². The molecule has 7 heteroatoms. The van der Waals surface area contributed by atoms with Crippen molar-refractivity contribution in [2.75, 3.05) is 12.4 Å². The number of hydrogen-bond donors (Lipinski definition) is 1. The normalized spacial score (nSPS) is 11.3. The zero-order valence-corrected chi connectivity index (χ0v) is 13.4. The summed E-state index contributed by atoms with van der Waals surface area (Å²) < 4.78 is 42.8. The summed E-state index contributed by atoms with van der Waals surface area (Å²) in [6.45, 7) is 0. The van der Waals surface area contributed by atoms with Gasteiger partial charge in [0.15, 0.2) is 5.13 Å². The van der Waals surface area contributed by atoms with E-state index in [0.717, 1.165) is 29.1 Å². The van der Waals surface area contributed by atoms with Crippen LogP contribution in [0.15, 0.2) is 53.9 Å². The number of ether oxygens (including phenoxy) is 1. The Morgan fingerprint density at radius 1 is 1.00 bits per heavy atom. The minimum absolute atomic E-state index is 0.554. The molecule has 1 N–H and O–H groups in total. The fourth-order valence-corrected chi connectivity index (χ4v) is 2.83. The van der Waals surface area contributed by atoms with Crippen molar-refractivity contribution in [3.05, 3.63) is 59.5 Å². The second-order valence-electron chi connectivity index (χ2n) is 4.97. The minimum Gasteiger partial charge on any atom is -0.497 e. The minimum atomic E-state index is -4.33. The number of thiazole rings is 1. The number of aromatic nitrogens is 1. The van der Waals surface area contributed by atoms with E-state index in [9.17, 15) is 13.2 Å². The Labute approximate surface area is 140 Å². The van der Waals surface area contributed by atoms with Gasteiger partial charge >= 0.3 is 6.18 Å². The predicted molar refractivity (Wildman–Crippen MR) is 88.8 cm³/mol.